The van der Waals surface area contributed by atoms with Gasteiger partial charge >= 0.3 is 0 Å². The zero-order chi connectivity index (χ0) is 16.3. The predicted molar refractivity (Wildman–Crippen MR) is 80.2 cm³/mol. The van der Waals surface area contributed by atoms with Crippen LogP contribution in [0.1, 0.15) is 25.0 Å². The summed E-state index contributed by atoms with van der Waals surface area (Å²) in [5.41, 5.74) is 0.0480. The van der Waals surface area contributed by atoms with E-state index in [1.807, 2.05) is 0 Å². The van der Waals surface area contributed by atoms with Gasteiger partial charge in [-0.15, -0.1) is 0 Å². The van der Waals surface area contributed by atoms with Gasteiger partial charge in [-0.05, 0) is 45.5 Å². The van der Waals surface area contributed by atoms with Crippen molar-refractivity contribution in [2.45, 2.75) is 37.8 Å². The normalized spacial score (nSPS) is 12.7. The summed E-state index contributed by atoms with van der Waals surface area (Å²) >= 11 is 0. The minimum absolute atomic E-state index is 0.0420. The summed E-state index contributed by atoms with van der Waals surface area (Å²) in [6, 6.07) is 2.82. The molecular weight excluding hydrogens is 295 g/mol. The van der Waals surface area contributed by atoms with Crippen molar-refractivity contribution in [3.05, 3.63) is 29.1 Å². The average Bonchev–Trinajstić information content (AvgIpc) is 2.41. The Morgan fingerprint density at radius 3 is 2.48 bits per heavy atom. The summed E-state index contributed by atoms with van der Waals surface area (Å²) in [6.45, 7) is 5.47. The summed E-state index contributed by atoms with van der Waals surface area (Å²) in [5.74, 6) is -0.533. The third-order valence-electron chi connectivity index (χ3n) is 3.27. The van der Waals surface area contributed by atoms with Crippen LogP contribution >= 0.6 is 0 Å². The number of benzene rings is 1. The molecule has 0 radical (unpaired) electrons. The molecule has 0 saturated heterocycles. The van der Waals surface area contributed by atoms with E-state index >= 15 is 0 Å². The first kappa shape index (κ1) is 18.0. The number of nitrogens with one attached hydrogen (secondary N) is 2. The molecule has 0 fully saturated rings. The molecule has 2 N–H and O–H groups in total. The van der Waals surface area contributed by atoms with Gasteiger partial charge in [-0.25, -0.2) is 17.5 Å². The molecule has 1 aromatic carbocycles. The van der Waals surface area contributed by atoms with Crippen molar-refractivity contribution in [1.82, 2.24) is 10.0 Å². The lowest BCUT2D eigenvalue weighted by Gasteiger charge is -2.23. The second-order valence-corrected chi connectivity index (χ2v) is 7.25. The second kappa shape index (κ2) is 6.83. The summed E-state index contributed by atoms with van der Waals surface area (Å²) in [6.07, 6.45) is 0. The largest absolute Gasteiger partial charge is 0.377 e. The molecular formula is C14H23FN2O3S. The highest BCUT2D eigenvalue weighted by molar-refractivity contribution is 7.89. The summed E-state index contributed by atoms with van der Waals surface area (Å²) in [5, 5.41) is 2.87. The van der Waals surface area contributed by atoms with E-state index in [-0.39, 0.29) is 17.0 Å². The minimum atomic E-state index is -3.80. The van der Waals surface area contributed by atoms with E-state index in [1.165, 1.54) is 26.2 Å². The lowest BCUT2D eigenvalue weighted by molar-refractivity contribution is 0.0276. The van der Waals surface area contributed by atoms with Crippen LogP contribution in [0.3, 0.4) is 0 Å². The van der Waals surface area contributed by atoms with Gasteiger partial charge in [0.05, 0.1) is 10.5 Å². The van der Waals surface area contributed by atoms with Crippen LogP contribution in [0.5, 0.6) is 0 Å². The maximum Gasteiger partial charge on any atom is 0.241 e. The Bertz CT molecular complexity index is 600. The van der Waals surface area contributed by atoms with E-state index in [0.717, 1.165) is 0 Å². The Morgan fingerprint density at radius 2 is 1.95 bits per heavy atom. The lowest BCUT2D eigenvalue weighted by atomic mass is 10.1. The fraction of sp³-hybridized carbons (Fsp3) is 0.571. The number of sulfonamides is 1. The number of hydrogen-bond acceptors (Lipinski definition) is 4. The molecule has 0 aliphatic rings. The number of ether oxygens (including phenoxy) is 1. The molecule has 7 heteroatoms. The zero-order valence-corrected chi connectivity index (χ0v) is 13.9. The van der Waals surface area contributed by atoms with Crippen LogP contribution in [0.15, 0.2) is 17.0 Å². The van der Waals surface area contributed by atoms with Crippen LogP contribution < -0.4 is 10.0 Å². The van der Waals surface area contributed by atoms with Crippen LogP contribution in [-0.2, 0) is 21.3 Å². The van der Waals surface area contributed by atoms with E-state index in [0.29, 0.717) is 12.1 Å². The quantitative estimate of drug-likeness (QED) is 0.800. The summed E-state index contributed by atoms with van der Waals surface area (Å²) in [4.78, 5) is -0.0420. The smallest absolute Gasteiger partial charge is 0.241 e. The maximum atomic E-state index is 13.9. The Morgan fingerprint density at radius 1 is 1.33 bits per heavy atom. The van der Waals surface area contributed by atoms with Crippen LogP contribution in [0.2, 0.25) is 0 Å². The van der Waals surface area contributed by atoms with Crippen LogP contribution in [0.4, 0.5) is 4.39 Å². The van der Waals surface area contributed by atoms with Crippen molar-refractivity contribution in [2.75, 3.05) is 20.7 Å². The van der Waals surface area contributed by atoms with Crippen molar-refractivity contribution in [3.8, 4) is 0 Å². The van der Waals surface area contributed by atoms with Crippen LogP contribution in [0, 0.1) is 12.7 Å². The Labute approximate surface area is 125 Å². The first-order valence-corrected chi connectivity index (χ1v) is 8.10. The van der Waals surface area contributed by atoms with Crippen molar-refractivity contribution in [2.24, 2.45) is 0 Å². The third-order valence-corrected chi connectivity index (χ3v) is 4.79. The van der Waals surface area contributed by atoms with Crippen LogP contribution in [-0.4, -0.2) is 34.7 Å². The van der Waals surface area contributed by atoms with Gasteiger partial charge in [0, 0.05) is 25.8 Å². The summed E-state index contributed by atoms with van der Waals surface area (Å²) in [7, 11) is -0.575. The fourth-order valence-corrected chi connectivity index (χ4v) is 3.21. The van der Waals surface area contributed by atoms with Gasteiger partial charge in [-0.3, -0.25) is 0 Å². The highest BCUT2D eigenvalue weighted by atomic mass is 32.2. The molecule has 120 valence electrons. The third kappa shape index (κ3) is 4.74. The maximum absolute atomic E-state index is 13.9. The molecule has 0 spiro atoms. The molecule has 0 saturated carbocycles. The van der Waals surface area contributed by atoms with Gasteiger partial charge in [0.2, 0.25) is 10.0 Å². The van der Waals surface area contributed by atoms with Crippen LogP contribution in [0.25, 0.3) is 0 Å². The molecule has 0 amide bonds. The van der Waals surface area contributed by atoms with E-state index < -0.39 is 21.4 Å². The molecule has 0 atom stereocenters. The van der Waals surface area contributed by atoms with Gasteiger partial charge in [0.25, 0.3) is 0 Å². The van der Waals surface area contributed by atoms with Crippen molar-refractivity contribution >= 4 is 10.0 Å². The van der Waals surface area contributed by atoms with E-state index in [4.69, 9.17) is 4.74 Å². The minimum Gasteiger partial charge on any atom is -0.377 e. The first-order chi connectivity index (χ1) is 9.63. The van der Waals surface area contributed by atoms with Gasteiger partial charge in [0.1, 0.15) is 5.82 Å². The molecule has 0 heterocycles. The Kier molecular flexibility index (Phi) is 5.86. The Hall–Kier alpha value is -1.02. The number of halogens is 1. The number of methoxy groups -OCH3 is 1. The molecule has 21 heavy (non-hydrogen) atoms. The molecule has 0 aliphatic carbocycles. The molecule has 0 unspecified atom stereocenters. The Balaban J connectivity index is 3.13. The second-order valence-electron chi connectivity index (χ2n) is 5.52. The fourth-order valence-electron chi connectivity index (χ4n) is 1.71. The molecule has 0 aliphatic heterocycles. The SMILES string of the molecule is CNCc1cc(F)c(C)c(S(=O)(=O)NCC(C)(C)OC)c1. The van der Waals surface area contributed by atoms with E-state index in [2.05, 4.69) is 10.0 Å². The highest BCUT2D eigenvalue weighted by Gasteiger charge is 2.24. The molecule has 1 aromatic rings. The molecule has 0 aromatic heterocycles. The topological polar surface area (TPSA) is 67.4 Å². The van der Waals surface area contributed by atoms with Crippen molar-refractivity contribution in [3.63, 3.8) is 0 Å². The van der Waals surface area contributed by atoms with E-state index in [9.17, 15) is 12.8 Å². The number of hydrogen-bond donors (Lipinski definition) is 2. The average molecular weight is 318 g/mol. The molecule has 1 rings (SSSR count). The number of rotatable bonds is 7. The monoisotopic (exact) mass is 318 g/mol. The van der Waals surface area contributed by atoms with Crippen molar-refractivity contribution < 1.29 is 17.5 Å². The van der Waals surface area contributed by atoms with Gasteiger partial charge in [-0.2, -0.15) is 0 Å². The summed E-state index contributed by atoms with van der Waals surface area (Å²) < 4.78 is 46.3. The zero-order valence-electron chi connectivity index (χ0n) is 13.1. The predicted octanol–water partition coefficient (Wildman–Crippen LogP) is 1.56. The van der Waals surface area contributed by atoms with Gasteiger partial charge in [0.15, 0.2) is 0 Å². The van der Waals surface area contributed by atoms with Gasteiger partial charge in [-0.1, -0.05) is 0 Å². The van der Waals surface area contributed by atoms with E-state index in [1.54, 1.807) is 20.9 Å². The lowest BCUT2D eigenvalue weighted by Crippen LogP contribution is -2.40. The van der Waals surface area contributed by atoms with Gasteiger partial charge < -0.3 is 10.1 Å². The highest BCUT2D eigenvalue weighted by Crippen LogP contribution is 2.21. The molecule has 5 nitrogen and oxygen atoms in total. The molecule has 0 bridgehead atoms. The standard InChI is InChI=1S/C14H23FN2O3S/c1-10-12(15)6-11(8-16-4)7-13(10)21(18,19)17-9-14(2,3)20-5/h6-7,16-17H,8-9H2,1-5H3. The first-order valence-electron chi connectivity index (χ1n) is 6.61. The van der Waals surface area contributed by atoms with Crippen molar-refractivity contribution in [1.29, 1.82) is 0 Å².